The number of esters is 1. The predicted molar refractivity (Wildman–Crippen MR) is 67.9 cm³/mol. The van der Waals surface area contributed by atoms with Crippen LogP contribution in [0.15, 0.2) is 18.2 Å². The first-order valence-corrected chi connectivity index (χ1v) is 6.04. The molecule has 0 amide bonds. The van der Waals surface area contributed by atoms with Gasteiger partial charge in [-0.1, -0.05) is 23.2 Å². The normalized spacial score (nSPS) is 11.9. The van der Waals surface area contributed by atoms with Crippen molar-refractivity contribution in [2.75, 3.05) is 6.61 Å². The highest BCUT2D eigenvalue weighted by Crippen LogP contribution is 2.24. The molecule has 1 rings (SSSR count). The second-order valence-electron chi connectivity index (χ2n) is 3.58. The maximum atomic E-state index is 11.5. The quantitative estimate of drug-likeness (QED) is 0.669. The average molecular weight is 291 g/mol. The summed E-state index contributed by atoms with van der Waals surface area (Å²) in [4.78, 5) is 22.5. The molecule has 0 bridgehead atoms. The lowest BCUT2D eigenvalue weighted by molar-refractivity contribution is -0.158. The Morgan fingerprint density at radius 3 is 2.61 bits per heavy atom. The van der Waals surface area contributed by atoms with E-state index in [0.717, 1.165) is 0 Å². The molecule has 0 heterocycles. The van der Waals surface area contributed by atoms with Crippen LogP contribution in [0.5, 0.6) is 0 Å². The number of ether oxygens (including phenoxy) is 1. The van der Waals surface area contributed by atoms with E-state index in [-0.39, 0.29) is 13.0 Å². The van der Waals surface area contributed by atoms with E-state index in [2.05, 4.69) is 0 Å². The zero-order chi connectivity index (χ0) is 13.7. The molecule has 18 heavy (non-hydrogen) atoms. The number of benzene rings is 1. The SMILES string of the molecule is CCOC(=O)C(Cc1cc(Cl)ccc1Cl)C(=O)O. The van der Waals surface area contributed by atoms with E-state index >= 15 is 0 Å². The molecule has 0 saturated carbocycles. The van der Waals surface area contributed by atoms with Gasteiger partial charge in [0.15, 0.2) is 5.92 Å². The van der Waals surface area contributed by atoms with Gasteiger partial charge in [0.1, 0.15) is 0 Å². The maximum absolute atomic E-state index is 11.5. The molecule has 0 radical (unpaired) electrons. The van der Waals surface area contributed by atoms with Crippen LogP contribution in [-0.4, -0.2) is 23.7 Å². The Balaban J connectivity index is 2.93. The Morgan fingerprint density at radius 1 is 1.39 bits per heavy atom. The largest absolute Gasteiger partial charge is 0.481 e. The minimum absolute atomic E-state index is 0.0481. The third-order valence-electron chi connectivity index (χ3n) is 2.30. The van der Waals surface area contributed by atoms with Crippen molar-refractivity contribution in [1.82, 2.24) is 0 Å². The van der Waals surface area contributed by atoms with E-state index in [1.54, 1.807) is 25.1 Å². The van der Waals surface area contributed by atoms with Gasteiger partial charge in [-0.05, 0) is 37.1 Å². The topological polar surface area (TPSA) is 63.6 Å². The molecule has 0 aliphatic rings. The van der Waals surface area contributed by atoms with Gasteiger partial charge in [-0.2, -0.15) is 0 Å². The molecule has 1 aromatic rings. The highest BCUT2D eigenvalue weighted by atomic mass is 35.5. The van der Waals surface area contributed by atoms with Crippen LogP contribution < -0.4 is 0 Å². The van der Waals surface area contributed by atoms with E-state index in [4.69, 9.17) is 33.0 Å². The molecule has 6 heteroatoms. The molecule has 1 aromatic carbocycles. The van der Waals surface area contributed by atoms with Gasteiger partial charge >= 0.3 is 11.9 Å². The molecule has 1 atom stereocenters. The van der Waals surface area contributed by atoms with Gasteiger partial charge < -0.3 is 9.84 Å². The summed E-state index contributed by atoms with van der Waals surface area (Å²) in [5.41, 5.74) is 0.504. The van der Waals surface area contributed by atoms with Crippen LogP contribution in [0.1, 0.15) is 12.5 Å². The van der Waals surface area contributed by atoms with Gasteiger partial charge in [-0.3, -0.25) is 9.59 Å². The highest BCUT2D eigenvalue weighted by Gasteiger charge is 2.28. The third-order valence-corrected chi connectivity index (χ3v) is 2.90. The van der Waals surface area contributed by atoms with Crippen molar-refractivity contribution < 1.29 is 19.4 Å². The summed E-state index contributed by atoms with van der Waals surface area (Å²) in [5.74, 6) is -3.30. The Morgan fingerprint density at radius 2 is 2.06 bits per heavy atom. The van der Waals surface area contributed by atoms with Crippen molar-refractivity contribution >= 4 is 35.1 Å². The lowest BCUT2D eigenvalue weighted by Gasteiger charge is -2.12. The number of hydrogen-bond donors (Lipinski definition) is 1. The van der Waals surface area contributed by atoms with E-state index in [0.29, 0.717) is 15.6 Å². The molecule has 1 N–H and O–H groups in total. The van der Waals surface area contributed by atoms with Gasteiger partial charge in [0, 0.05) is 10.0 Å². The van der Waals surface area contributed by atoms with Crippen LogP contribution >= 0.6 is 23.2 Å². The summed E-state index contributed by atoms with van der Waals surface area (Å²) in [6.45, 7) is 1.75. The molecule has 1 unspecified atom stereocenters. The smallest absolute Gasteiger partial charge is 0.320 e. The second-order valence-corrected chi connectivity index (χ2v) is 4.43. The molecule has 0 saturated heterocycles. The number of carboxylic acids is 1. The maximum Gasteiger partial charge on any atom is 0.320 e. The Hall–Kier alpha value is -1.26. The van der Waals surface area contributed by atoms with Crippen molar-refractivity contribution in [3.63, 3.8) is 0 Å². The zero-order valence-electron chi connectivity index (χ0n) is 9.65. The van der Waals surface area contributed by atoms with Crippen LogP contribution in [0.4, 0.5) is 0 Å². The Kier molecular flexibility index (Phi) is 5.44. The number of rotatable bonds is 5. The molecular formula is C12H12Cl2O4. The van der Waals surface area contributed by atoms with Crippen molar-refractivity contribution in [1.29, 1.82) is 0 Å². The molecule has 0 aromatic heterocycles. The van der Waals surface area contributed by atoms with Crippen LogP contribution in [0, 0.1) is 5.92 Å². The standard InChI is InChI=1S/C12H12Cl2O4/c1-2-18-12(17)9(11(15)16)6-7-5-8(13)3-4-10(7)14/h3-5,9H,2,6H2,1H3,(H,15,16). The number of carbonyl (C=O) groups is 2. The average Bonchev–Trinajstić information content (AvgIpc) is 2.30. The van der Waals surface area contributed by atoms with Crippen molar-refractivity contribution in [3.05, 3.63) is 33.8 Å². The molecule has 98 valence electrons. The van der Waals surface area contributed by atoms with E-state index in [1.165, 1.54) is 0 Å². The minimum Gasteiger partial charge on any atom is -0.481 e. The summed E-state index contributed by atoms with van der Waals surface area (Å²) >= 11 is 11.7. The third kappa shape index (κ3) is 3.89. The van der Waals surface area contributed by atoms with Gasteiger partial charge in [-0.15, -0.1) is 0 Å². The lowest BCUT2D eigenvalue weighted by atomic mass is 9.99. The van der Waals surface area contributed by atoms with Crippen molar-refractivity contribution in [3.8, 4) is 0 Å². The first-order valence-electron chi connectivity index (χ1n) is 5.29. The first kappa shape index (κ1) is 14.8. The fraction of sp³-hybridized carbons (Fsp3) is 0.333. The van der Waals surface area contributed by atoms with Gasteiger partial charge in [0.25, 0.3) is 0 Å². The minimum atomic E-state index is -1.28. The van der Waals surface area contributed by atoms with Crippen LogP contribution in [-0.2, 0) is 20.7 Å². The van der Waals surface area contributed by atoms with Gasteiger partial charge in [-0.25, -0.2) is 0 Å². The summed E-state index contributed by atoms with van der Waals surface area (Å²) in [6.07, 6.45) is -0.0481. The molecule has 0 fully saturated rings. The molecule has 0 spiro atoms. The summed E-state index contributed by atoms with van der Waals surface area (Å²) in [5, 5.41) is 9.82. The lowest BCUT2D eigenvalue weighted by Crippen LogP contribution is -2.28. The van der Waals surface area contributed by atoms with E-state index in [9.17, 15) is 9.59 Å². The number of halogens is 2. The second kappa shape index (κ2) is 6.61. The summed E-state index contributed by atoms with van der Waals surface area (Å²) < 4.78 is 4.71. The first-order chi connectivity index (χ1) is 8.45. The van der Waals surface area contributed by atoms with Crippen LogP contribution in [0.25, 0.3) is 0 Å². The molecular weight excluding hydrogens is 279 g/mol. The fourth-order valence-corrected chi connectivity index (χ4v) is 1.82. The van der Waals surface area contributed by atoms with Crippen LogP contribution in [0.2, 0.25) is 10.0 Å². The number of carboxylic acid groups (broad SMARTS) is 1. The molecule has 0 aliphatic heterocycles. The summed E-state index contributed by atoms with van der Waals surface area (Å²) in [7, 11) is 0. The van der Waals surface area contributed by atoms with E-state index in [1.807, 2.05) is 0 Å². The predicted octanol–water partition coefficient (Wildman–Crippen LogP) is 2.80. The fourth-order valence-electron chi connectivity index (χ4n) is 1.43. The van der Waals surface area contributed by atoms with Crippen molar-refractivity contribution in [2.24, 2.45) is 5.92 Å². The molecule has 0 aliphatic carbocycles. The monoisotopic (exact) mass is 290 g/mol. The number of carbonyl (C=O) groups excluding carboxylic acids is 1. The van der Waals surface area contributed by atoms with Gasteiger partial charge in [0.05, 0.1) is 6.61 Å². The zero-order valence-corrected chi connectivity index (χ0v) is 11.2. The van der Waals surface area contributed by atoms with Crippen LogP contribution in [0.3, 0.4) is 0 Å². The van der Waals surface area contributed by atoms with Gasteiger partial charge in [0.2, 0.25) is 0 Å². The number of hydrogen-bond acceptors (Lipinski definition) is 3. The molecule has 4 nitrogen and oxygen atoms in total. The summed E-state index contributed by atoms with van der Waals surface area (Å²) in [6, 6.07) is 4.69. The highest BCUT2D eigenvalue weighted by molar-refractivity contribution is 6.33. The Bertz CT molecular complexity index is 459. The van der Waals surface area contributed by atoms with Crippen molar-refractivity contribution in [2.45, 2.75) is 13.3 Å². The Labute approximate surface area is 114 Å². The van der Waals surface area contributed by atoms with E-state index < -0.39 is 17.9 Å². The number of aliphatic carboxylic acids is 1.